The van der Waals surface area contributed by atoms with E-state index < -0.39 is 0 Å². The van der Waals surface area contributed by atoms with E-state index in [1.54, 1.807) is 12.3 Å². The molecule has 2 aromatic rings. The second kappa shape index (κ2) is 7.38. The van der Waals surface area contributed by atoms with Gasteiger partial charge in [0.05, 0.1) is 16.9 Å². The smallest absolute Gasteiger partial charge is 0.224 e. The molecular weight excluding hydrogens is 306 g/mol. The van der Waals surface area contributed by atoms with Gasteiger partial charge in [0.1, 0.15) is 5.76 Å². The zero-order chi connectivity index (χ0) is 17.9. The number of anilines is 1. The van der Waals surface area contributed by atoms with Crippen LogP contribution in [0.5, 0.6) is 0 Å². The molecular formula is C18H23N3O3. The SMILES string of the molecule is Cc1noc(C)c1C(C)CC(=O)Nc1ccncc1C(=O)C(C)C. The lowest BCUT2D eigenvalue weighted by Crippen LogP contribution is -2.18. The average molecular weight is 329 g/mol. The Morgan fingerprint density at radius 1 is 1.25 bits per heavy atom. The van der Waals surface area contributed by atoms with Crippen molar-refractivity contribution in [2.24, 2.45) is 5.92 Å². The van der Waals surface area contributed by atoms with Crippen LogP contribution in [0.2, 0.25) is 0 Å². The molecule has 0 saturated carbocycles. The fourth-order valence-corrected chi connectivity index (χ4v) is 2.79. The van der Waals surface area contributed by atoms with E-state index in [0.717, 1.165) is 17.0 Å². The van der Waals surface area contributed by atoms with Crippen molar-refractivity contribution >= 4 is 17.4 Å². The standard InChI is InChI=1S/C18H23N3O3/c1-10(2)18(23)14-9-19-7-6-15(14)20-16(22)8-11(3)17-12(4)21-24-13(17)5/h6-7,9-11H,8H2,1-5H3,(H,19,20,22). The number of carbonyl (C=O) groups excluding carboxylic acids is 2. The number of Topliss-reactive ketones (excluding diaryl/α,β-unsaturated/α-hetero) is 1. The summed E-state index contributed by atoms with van der Waals surface area (Å²) in [5.74, 6) is 0.337. The van der Waals surface area contributed by atoms with Gasteiger partial charge in [-0.3, -0.25) is 14.6 Å². The quantitative estimate of drug-likeness (QED) is 0.818. The predicted molar refractivity (Wildman–Crippen MR) is 91.0 cm³/mol. The summed E-state index contributed by atoms with van der Waals surface area (Å²) in [6.45, 7) is 9.30. The van der Waals surface area contributed by atoms with Crippen molar-refractivity contribution in [2.45, 2.75) is 47.0 Å². The zero-order valence-corrected chi connectivity index (χ0v) is 14.7. The van der Waals surface area contributed by atoms with Gasteiger partial charge >= 0.3 is 0 Å². The maximum Gasteiger partial charge on any atom is 0.224 e. The predicted octanol–water partition coefficient (Wildman–Crippen LogP) is 3.66. The molecule has 6 nitrogen and oxygen atoms in total. The van der Waals surface area contributed by atoms with E-state index in [4.69, 9.17) is 4.52 Å². The first-order valence-electron chi connectivity index (χ1n) is 8.02. The minimum atomic E-state index is -0.161. The summed E-state index contributed by atoms with van der Waals surface area (Å²) in [5, 5.41) is 6.75. The molecule has 1 N–H and O–H groups in total. The fourth-order valence-electron chi connectivity index (χ4n) is 2.79. The third-order valence-corrected chi connectivity index (χ3v) is 3.96. The summed E-state index contributed by atoms with van der Waals surface area (Å²) in [7, 11) is 0. The summed E-state index contributed by atoms with van der Waals surface area (Å²) in [4.78, 5) is 28.6. The summed E-state index contributed by atoms with van der Waals surface area (Å²) in [6, 6.07) is 1.65. The Balaban J connectivity index is 2.12. The van der Waals surface area contributed by atoms with E-state index in [1.165, 1.54) is 6.20 Å². The fraction of sp³-hybridized carbons (Fsp3) is 0.444. The molecule has 24 heavy (non-hydrogen) atoms. The minimum Gasteiger partial charge on any atom is -0.361 e. The molecule has 0 aliphatic carbocycles. The van der Waals surface area contributed by atoms with Crippen LogP contribution in [-0.4, -0.2) is 21.8 Å². The van der Waals surface area contributed by atoms with E-state index in [2.05, 4.69) is 15.5 Å². The first-order chi connectivity index (χ1) is 11.3. The maximum atomic E-state index is 12.4. The zero-order valence-electron chi connectivity index (χ0n) is 14.7. The van der Waals surface area contributed by atoms with Crippen LogP contribution in [0.1, 0.15) is 60.5 Å². The Morgan fingerprint density at radius 3 is 2.54 bits per heavy atom. The Labute approximate surface area is 141 Å². The van der Waals surface area contributed by atoms with Crippen molar-refractivity contribution in [2.75, 3.05) is 5.32 Å². The van der Waals surface area contributed by atoms with E-state index in [9.17, 15) is 9.59 Å². The molecule has 2 aromatic heterocycles. The van der Waals surface area contributed by atoms with Crippen LogP contribution < -0.4 is 5.32 Å². The number of nitrogens with zero attached hydrogens (tertiary/aromatic N) is 2. The Hall–Kier alpha value is -2.50. The molecule has 0 spiro atoms. The lowest BCUT2D eigenvalue weighted by molar-refractivity contribution is -0.116. The van der Waals surface area contributed by atoms with Crippen molar-refractivity contribution in [1.82, 2.24) is 10.1 Å². The van der Waals surface area contributed by atoms with Crippen molar-refractivity contribution < 1.29 is 14.1 Å². The topological polar surface area (TPSA) is 85.1 Å². The molecule has 2 rings (SSSR count). The van der Waals surface area contributed by atoms with Crippen molar-refractivity contribution in [3.63, 3.8) is 0 Å². The molecule has 0 aliphatic rings. The van der Waals surface area contributed by atoms with Crippen LogP contribution in [0.15, 0.2) is 23.0 Å². The number of hydrogen-bond donors (Lipinski definition) is 1. The van der Waals surface area contributed by atoms with Gasteiger partial charge in [0.15, 0.2) is 5.78 Å². The Kier molecular flexibility index (Phi) is 5.49. The van der Waals surface area contributed by atoms with Gasteiger partial charge in [0, 0.05) is 30.3 Å². The van der Waals surface area contributed by atoms with Gasteiger partial charge < -0.3 is 9.84 Å². The molecule has 2 heterocycles. The van der Waals surface area contributed by atoms with E-state index in [1.807, 2.05) is 34.6 Å². The van der Waals surface area contributed by atoms with Gasteiger partial charge in [-0.15, -0.1) is 0 Å². The van der Waals surface area contributed by atoms with Gasteiger partial charge in [-0.25, -0.2) is 0 Å². The number of amides is 1. The van der Waals surface area contributed by atoms with E-state index in [-0.39, 0.29) is 29.9 Å². The second-order valence-electron chi connectivity index (χ2n) is 6.33. The Bertz CT molecular complexity index is 730. The molecule has 6 heteroatoms. The molecule has 0 aliphatic heterocycles. The molecule has 0 saturated heterocycles. The number of ketones is 1. The van der Waals surface area contributed by atoms with Crippen LogP contribution in [0.25, 0.3) is 0 Å². The third kappa shape index (κ3) is 3.88. The highest BCUT2D eigenvalue weighted by Gasteiger charge is 2.21. The number of carbonyl (C=O) groups is 2. The summed E-state index contributed by atoms with van der Waals surface area (Å²) < 4.78 is 5.16. The Morgan fingerprint density at radius 2 is 1.96 bits per heavy atom. The molecule has 1 unspecified atom stereocenters. The van der Waals surface area contributed by atoms with Gasteiger partial charge in [-0.1, -0.05) is 25.9 Å². The van der Waals surface area contributed by atoms with Crippen molar-refractivity contribution in [3.8, 4) is 0 Å². The van der Waals surface area contributed by atoms with Gasteiger partial charge in [0.2, 0.25) is 5.91 Å². The molecule has 0 fully saturated rings. The minimum absolute atomic E-state index is 0.0256. The number of aromatic nitrogens is 2. The summed E-state index contributed by atoms with van der Waals surface area (Å²) >= 11 is 0. The normalized spacial score (nSPS) is 12.2. The average Bonchev–Trinajstić information content (AvgIpc) is 2.85. The van der Waals surface area contributed by atoms with Gasteiger partial charge in [-0.2, -0.15) is 0 Å². The summed E-state index contributed by atoms with van der Waals surface area (Å²) in [6.07, 6.45) is 3.33. The number of aryl methyl sites for hydroxylation is 2. The highest BCUT2D eigenvalue weighted by atomic mass is 16.5. The molecule has 128 valence electrons. The summed E-state index contributed by atoms with van der Waals surface area (Å²) in [5.41, 5.74) is 2.69. The monoisotopic (exact) mass is 329 g/mol. The van der Waals surface area contributed by atoms with Gasteiger partial charge in [-0.05, 0) is 25.8 Å². The number of pyridine rings is 1. The number of rotatable bonds is 6. The number of hydrogen-bond acceptors (Lipinski definition) is 5. The molecule has 1 amide bonds. The maximum absolute atomic E-state index is 12.4. The highest BCUT2D eigenvalue weighted by molar-refractivity contribution is 6.05. The molecule has 0 aromatic carbocycles. The van der Waals surface area contributed by atoms with Crippen LogP contribution in [-0.2, 0) is 4.79 Å². The molecule has 0 bridgehead atoms. The first-order valence-corrected chi connectivity index (χ1v) is 8.02. The van der Waals surface area contributed by atoms with Crippen LogP contribution >= 0.6 is 0 Å². The molecule has 0 radical (unpaired) electrons. The first kappa shape index (κ1) is 17.8. The second-order valence-corrected chi connectivity index (χ2v) is 6.33. The highest BCUT2D eigenvalue weighted by Crippen LogP contribution is 2.26. The largest absolute Gasteiger partial charge is 0.361 e. The van der Waals surface area contributed by atoms with Crippen molar-refractivity contribution in [1.29, 1.82) is 0 Å². The number of nitrogens with one attached hydrogen (secondary N) is 1. The van der Waals surface area contributed by atoms with Crippen molar-refractivity contribution in [3.05, 3.63) is 41.0 Å². The third-order valence-electron chi connectivity index (χ3n) is 3.96. The van der Waals surface area contributed by atoms with Crippen LogP contribution in [0.4, 0.5) is 5.69 Å². The lowest BCUT2D eigenvalue weighted by atomic mass is 9.95. The lowest BCUT2D eigenvalue weighted by Gasteiger charge is -2.14. The van der Waals surface area contributed by atoms with Crippen LogP contribution in [0.3, 0.4) is 0 Å². The van der Waals surface area contributed by atoms with Gasteiger partial charge in [0.25, 0.3) is 0 Å². The van der Waals surface area contributed by atoms with Crippen LogP contribution in [0, 0.1) is 19.8 Å². The molecule has 1 atom stereocenters. The van der Waals surface area contributed by atoms with E-state index >= 15 is 0 Å². The van der Waals surface area contributed by atoms with E-state index in [0.29, 0.717) is 11.3 Å².